The Morgan fingerprint density at radius 2 is 1.95 bits per heavy atom. The van der Waals surface area contributed by atoms with E-state index in [4.69, 9.17) is 4.74 Å². The first-order chi connectivity index (χ1) is 9.83. The van der Waals surface area contributed by atoms with E-state index in [2.05, 4.69) is 16.0 Å². The van der Waals surface area contributed by atoms with E-state index in [1.54, 1.807) is 0 Å². The first-order valence-corrected chi connectivity index (χ1v) is 7.97. The third-order valence-corrected chi connectivity index (χ3v) is 4.64. The van der Waals surface area contributed by atoms with E-state index in [0.29, 0.717) is 18.2 Å². The van der Waals surface area contributed by atoms with Crippen molar-refractivity contribution in [2.45, 2.75) is 57.4 Å². The zero-order chi connectivity index (χ0) is 13.8. The van der Waals surface area contributed by atoms with Crippen LogP contribution in [0, 0.1) is 5.92 Å². The van der Waals surface area contributed by atoms with E-state index >= 15 is 0 Å². The van der Waals surface area contributed by atoms with Crippen molar-refractivity contribution in [1.29, 1.82) is 0 Å². The highest BCUT2D eigenvalue weighted by Gasteiger charge is 2.23. The number of rotatable bonds is 4. The van der Waals surface area contributed by atoms with E-state index in [-0.39, 0.29) is 5.92 Å². The highest BCUT2D eigenvalue weighted by Crippen LogP contribution is 2.27. The van der Waals surface area contributed by atoms with Gasteiger partial charge in [-0.05, 0) is 31.7 Å². The number of carbonyl (C=O) groups is 1. The Bertz CT molecular complexity index is 443. The van der Waals surface area contributed by atoms with Crippen molar-refractivity contribution < 1.29 is 9.53 Å². The van der Waals surface area contributed by atoms with Gasteiger partial charge < -0.3 is 4.74 Å². The van der Waals surface area contributed by atoms with Crippen molar-refractivity contribution in [3.63, 3.8) is 0 Å². The molecule has 0 radical (unpaired) electrons. The molecule has 2 heterocycles. The standard InChI is InChI=1S/C16H24N2O2/c19-16(13-7-10-20-11-8-13)12-14-6-9-18(17-14)15-4-2-1-3-5-15/h6,9,13,15H,1-5,7-8,10-12H2. The van der Waals surface area contributed by atoms with Crippen LogP contribution in [-0.2, 0) is 16.0 Å². The summed E-state index contributed by atoms with van der Waals surface area (Å²) in [6, 6.07) is 2.57. The number of Topliss-reactive ketones (excluding diaryl/α,β-unsaturated/α-hetero) is 1. The van der Waals surface area contributed by atoms with Crippen LogP contribution in [0.4, 0.5) is 0 Å². The monoisotopic (exact) mass is 276 g/mol. The lowest BCUT2D eigenvalue weighted by Gasteiger charge is -2.22. The van der Waals surface area contributed by atoms with Crippen LogP contribution in [0.3, 0.4) is 0 Å². The average molecular weight is 276 g/mol. The van der Waals surface area contributed by atoms with Crippen molar-refractivity contribution in [1.82, 2.24) is 9.78 Å². The minimum Gasteiger partial charge on any atom is -0.381 e. The number of hydrogen-bond acceptors (Lipinski definition) is 3. The average Bonchev–Trinajstić information content (AvgIpc) is 2.97. The van der Waals surface area contributed by atoms with Crippen LogP contribution in [0.5, 0.6) is 0 Å². The highest BCUT2D eigenvalue weighted by atomic mass is 16.5. The Kier molecular flexibility index (Phi) is 4.51. The van der Waals surface area contributed by atoms with Gasteiger partial charge in [0.1, 0.15) is 5.78 Å². The molecule has 0 amide bonds. The Hall–Kier alpha value is -1.16. The van der Waals surface area contributed by atoms with Gasteiger partial charge in [0.15, 0.2) is 0 Å². The van der Waals surface area contributed by atoms with Gasteiger partial charge in [-0.25, -0.2) is 0 Å². The third kappa shape index (κ3) is 3.29. The SMILES string of the molecule is O=C(Cc1ccn(C2CCCCC2)n1)C1CCOCC1. The van der Waals surface area contributed by atoms with Crippen LogP contribution >= 0.6 is 0 Å². The molecule has 20 heavy (non-hydrogen) atoms. The van der Waals surface area contributed by atoms with E-state index in [9.17, 15) is 4.79 Å². The molecule has 1 aliphatic heterocycles. The molecule has 0 bridgehead atoms. The molecule has 0 unspecified atom stereocenters. The number of aromatic nitrogens is 2. The Morgan fingerprint density at radius 1 is 1.20 bits per heavy atom. The van der Waals surface area contributed by atoms with Crippen LogP contribution in [0.1, 0.15) is 56.7 Å². The van der Waals surface area contributed by atoms with E-state index in [0.717, 1.165) is 31.7 Å². The fourth-order valence-corrected chi connectivity index (χ4v) is 3.36. The molecule has 0 atom stereocenters. The smallest absolute Gasteiger partial charge is 0.142 e. The lowest BCUT2D eigenvalue weighted by molar-refractivity contribution is -0.125. The molecule has 1 aromatic rings. The van der Waals surface area contributed by atoms with Crippen molar-refractivity contribution >= 4 is 5.78 Å². The molecule has 2 aliphatic rings. The Balaban J connectivity index is 1.57. The van der Waals surface area contributed by atoms with E-state index in [1.165, 1.54) is 32.1 Å². The van der Waals surface area contributed by atoms with Gasteiger partial charge >= 0.3 is 0 Å². The van der Waals surface area contributed by atoms with Gasteiger partial charge in [0, 0.05) is 25.3 Å². The summed E-state index contributed by atoms with van der Waals surface area (Å²) < 4.78 is 7.40. The molecule has 1 aliphatic carbocycles. The normalized spacial score (nSPS) is 22.0. The van der Waals surface area contributed by atoms with Crippen molar-refractivity contribution in [3.05, 3.63) is 18.0 Å². The summed E-state index contributed by atoms with van der Waals surface area (Å²) in [6.45, 7) is 1.46. The third-order valence-electron chi connectivity index (χ3n) is 4.64. The van der Waals surface area contributed by atoms with Gasteiger partial charge in [-0.2, -0.15) is 5.10 Å². The highest BCUT2D eigenvalue weighted by molar-refractivity contribution is 5.82. The predicted molar refractivity (Wildman–Crippen MR) is 76.6 cm³/mol. The van der Waals surface area contributed by atoms with E-state index in [1.807, 2.05) is 6.07 Å². The van der Waals surface area contributed by atoms with Crippen molar-refractivity contribution in [2.24, 2.45) is 5.92 Å². The summed E-state index contributed by atoms with van der Waals surface area (Å²) >= 11 is 0. The number of ether oxygens (including phenoxy) is 1. The summed E-state index contributed by atoms with van der Waals surface area (Å²) in [5.41, 5.74) is 0.937. The van der Waals surface area contributed by atoms with Crippen LogP contribution in [0.15, 0.2) is 12.3 Å². The van der Waals surface area contributed by atoms with Crippen LogP contribution < -0.4 is 0 Å². The maximum Gasteiger partial charge on any atom is 0.142 e. The van der Waals surface area contributed by atoms with Gasteiger partial charge in [0.25, 0.3) is 0 Å². The summed E-state index contributed by atoms with van der Waals surface area (Å²) in [6.07, 6.45) is 10.7. The molecule has 1 saturated heterocycles. The molecular formula is C16H24N2O2. The summed E-state index contributed by atoms with van der Waals surface area (Å²) in [5.74, 6) is 0.519. The molecule has 4 heteroatoms. The lowest BCUT2D eigenvalue weighted by atomic mass is 9.93. The van der Waals surface area contributed by atoms with Gasteiger partial charge in [-0.3, -0.25) is 9.48 Å². The van der Waals surface area contributed by atoms with Gasteiger partial charge in [-0.15, -0.1) is 0 Å². The maximum absolute atomic E-state index is 12.2. The predicted octanol–water partition coefficient (Wildman–Crippen LogP) is 2.93. The second kappa shape index (κ2) is 6.53. The van der Waals surface area contributed by atoms with Crippen LogP contribution in [0.2, 0.25) is 0 Å². The van der Waals surface area contributed by atoms with Gasteiger partial charge in [0.2, 0.25) is 0 Å². The number of nitrogens with zero attached hydrogens (tertiary/aromatic N) is 2. The molecule has 0 spiro atoms. The number of hydrogen-bond donors (Lipinski definition) is 0. The first kappa shape index (κ1) is 13.8. The van der Waals surface area contributed by atoms with Crippen molar-refractivity contribution in [3.8, 4) is 0 Å². The molecule has 1 saturated carbocycles. The zero-order valence-electron chi connectivity index (χ0n) is 12.1. The summed E-state index contributed by atoms with van der Waals surface area (Å²) in [4.78, 5) is 12.2. The maximum atomic E-state index is 12.2. The Morgan fingerprint density at radius 3 is 2.70 bits per heavy atom. The molecule has 3 rings (SSSR count). The second-order valence-corrected chi connectivity index (χ2v) is 6.11. The fraction of sp³-hybridized carbons (Fsp3) is 0.750. The largest absolute Gasteiger partial charge is 0.381 e. The molecule has 110 valence electrons. The fourth-order valence-electron chi connectivity index (χ4n) is 3.36. The first-order valence-electron chi connectivity index (χ1n) is 7.97. The summed E-state index contributed by atoms with van der Waals surface area (Å²) in [7, 11) is 0. The van der Waals surface area contributed by atoms with Gasteiger partial charge in [-0.1, -0.05) is 19.3 Å². The zero-order valence-corrected chi connectivity index (χ0v) is 12.1. The minimum absolute atomic E-state index is 0.184. The Labute approximate surface area is 120 Å². The van der Waals surface area contributed by atoms with Crippen LogP contribution in [0.25, 0.3) is 0 Å². The van der Waals surface area contributed by atoms with Crippen LogP contribution in [-0.4, -0.2) is 28.8 Å². The molecule has 4 nitrogen and oxygen atoms in total. The topological polar surface area (TPSA) is 44.1 Å². The quantitative estimate of drug-likeness (QED) is 0.849. The molecule has 1 aromatic heterocycles. The minimum atomic E-state index is 0.184. The molecule has 0 aromatic carbocycles. The molecular weight excluding hydrogens is 252 g/mol. The number of ketones is 1. The van der Waals surface area contributed by atoms with E-state index < -0.39 is 0 Å². The van der Waals surface area contributed by atoms with Gasteiger partial charge in [0.05, 0.1) is 18.2 Å². The lowest BCUT2D eigenvalue weighted by Crippen LogP contribution is -2.25. The molecule has 0 N–H and O–H groups in total. The molecule has 2 fully saturated rings. The summed E-state index contributed by atoms with van der Waals surface area (Å²) in [5, 5.41) is 4.63. The van der Waals surface area contributed by atoms with Crippen molar-refractivity contribution in [2.75, 3.05) is 13.2 Å². The second-order valence-electron chi connectivity index (χ2n) is 6.11. The number of carbonyl (C=O) groups excluding carboxylic acids is 1.